The van der Waals surface area contributed by atoms with E-state index in [2.05, 4.69) is 35.6 Å². The van der Waals surface area contributed by atoms with Crippen molar-refractivity contribution in [2.24, 2.45) is 0 Å². The lowest BCUT2D eigenvalue weighted by Gasteiger charge is -2.11. The first-order chi connectivity index (χ1) is 16.6. The Morgan fingerprint density at radius 3 is 2.50 bits per heavy atom. The van der Waals surface area contributed by atoms with Gasteiger partial charge in [0.15, 0.2) is 0 Å². The molecule has 0 unspecified atom stereocenters. The van der Waals surface area contributed by atoms with E-state index in [1.54, 1.807) is 19.4 Å². The van der Waals surface area contributed by atoms with Gasteiger partial charge in [0, 0.05) is 35.2 Å². The molecule has 1 N–H and O–H groups in total. The van der Waals surface area contributed by atoms with Gasteiger partial charge in [0.05, 0.1) is 13.4 Å². The van der Waals surface area contributed by atoms with Crippen LogP contribution in [0.3, 0.4) is 0 Å². The highest BCUT2D eigenvalue weighted by atomic mass is 16.5. The summed E-state index contributed by atoms with van der Waals surface area (Å²) in [5.41, 5.74) is 5.58. The van der Waals surface area contributed by atoms with Crippen molar-refractivity contribution in [1.82, 2.24) is 5.32 Å². The summed E-state index contributed by atoms with van der Waals surface area (Å²) in [6.07, 6.45) is 3.41. The summed E-state index contributed by atoms with van der Waals surface area (Å²) in [4.78, 5) is 12.6. The molecule has 0 saturated carbocycles. The van der Waals surface area contributed by atoms with Crippen LogP contribution in [0.25, 0.3) is 38.4 Å². The van der Waals surface area contributed by atoms with E-state index in [1.807, 2.05) is 61.5 Å². The Morgan fingerprint density at radius 1 is 0.912 bits per heavy atom. The third-order valence-corrected chi connectivity index (χ3v) is 6.06. The number of hydrogen-bond donors (Lipinski definition) is 1. The number of nitrogens with one attached hydrogen (secondary N) is 1. The minimum absolute atomic E-state index is 0.148. The molecule has 0 aliphatic heterocycles. The predicted octanol–water partition coefficient (Wildman–Crippen LogP) is 6.98. The van der Waals surface area contributed by atoms with Crippen LogP contribution in [0.1, 0.15) is 18.1 Å². The van der Waals surface area contributed by atoms with Crippen LogP contribution in [-0.2, 0) is 11.3 Å². The van der Waals surface area contributed by atoms with E-state index >= 15 is 0 Å². The molecule has 0 aliphatic rings. The molecule has 1 amide bonds. The Hall–Kier alpha value is -4.31. The molecule has 0 radical (unpaired) electrons. The fourth-order valence-electron chi connectivity index (χ4n) is 4.31. The highest BCUT2D eigenvalue weighted by molar-refractivity contribution is 6.06. The van der Waals surface area contributed by atoms with Crippen molar-refractivity contribution >= 4 is 33.2 Å². The highest BCUT2D eigenvalue weighted by Gasteiger charge is 2.16. The maximum Gasteiger partial charge on any atom is 0.244 e. The van der Waals surface area contributed by atoms with Gasteiger partial charge in [0.25, 0.3) is 0 Å². The molecule has 5 rings (SSSR count). The van der Waals surface area contributed by atoms with Crippen molar-refractivity contribution in [2.45, 2.75) is 13.5 Å². The third kappa shape index (κ3) is 4.18. The van der Waals surface area contributed by atoms with Gasteiger partial charge in [0.2, 0.25) is 5.91 Å². The van der Waals surface area contributed by atoms with Crippen molar-refractivity contribution in [3.63, 3.8) is 0 Å². The Balaban J connectivity index is 1.52. The first-order valence-electron chi connectivity index (χ1n) is 11.2. The Morgan fingerprint density at radius 2 is 1.68 bits per heavy atom. The second-order valence-corrected chi connectivity index (χ2v) is 8.26. The van der Waals surface area contributed by atoms with Crippen molar-refractivity contribution in [3.8, 4) is 16.9 Å². The summed E-state index contributed by atoms with van der Waals surface area (Å²) in [7, 11) is 1.63. The Kier molecular flexibility index (Phi) is 5.88. The van der Waals surface area contributed by atoms with E-state index in [0.29, 0.717) is 12.3 Å². The van der Waals surface area contributed by atoms with Crippen LogP contribution in [0, 0.1) is 0 Å². The number of allylic oxidation sites excluding steroid dienone is 1. The lowest BCUT2D eigenvalue weighted by Crippen LogP contribution is -2.20. The smallest absolute Gasteiger partial charge is 0.244 e. The third-order valence-electron chi connectivity index (χ3n) is 6.06. The average Bonchev–Trinajstić information content (AvgIpc) is 3.29. The van der Waals surface area contributed by atoms with Crippen LogP contribution in [0.2, 0.25) is 0 Å². The maximum atomic E-state index is 12.6. The van der Waals surface area contributed by atoms with Gasteiger partial charge in [-0.3, -0.25) is 4.79 Å². The van der Waals surface area contributed by atoms with Crippen molar-refractivity contribution in [3.05, 3.63) is 108 Å². The summed E-state index contributed by atoms with van der Waals surface area (Å²) < 4.78 is 11.6. The molecule has 1 heterocycles. The first-order valence-corrected chi connectivity index (χ1v) is 11.2. The number of benzene rings is 4. The van der Waals surface area contributed by atoms with Crippen molar-refractivity contribution < 1.29 is 13.9 Å². The fraction of sp³-hybridized carbons (Fsp3) is 0.100. The number of ether oxygens (including phenoxy) is 1. The van der Waals surface area contributed by atoms with Gasteiger partial charge in [-0.25, -0.2) is 0 Å². The molecular weight excluding hydrogens is 422 g/mol. The first kappa shape index (κ1) is 21.5. The quantitative estimate of drug-likeness (QED) is 0.286. The van der Waals surface area contributed by atoms with Crippen LogP contribution in [0.5, 0.6) is 5.75 Å². The highest BCUT2D eigenvalue weighted by Crippen LogP contribution is 2.39. The van der Waals surface area contributed by atoms with Crippen LogP contribution in [0.15, 0.2) is 102 Å². The largest absolute Gasteiger partial charge is 0.496 e. The van der Waals surface area contributed by atoms with E-state index < -0.39 is 0 Å². The molecule has 4 nitrogen and oxygen atoms in total. The molecule has 34 heavy (non-hydrogen) atoms. The molecule has 5 aromatic rings. The van der Waals surface area contributed by atoms with Crippen LogP contribution >= 0.6 is 0 Å². The summed E-state index contributed by atoms with van der Waals surface area (Å²) in [6, 6.07) is 28.4. The zero-order valence-corrected chi connectivity index (χ0v) is 19.2. The molecule has 0 fully saturated rings. The zero-order chi connectivity index (χ0) is 23.5. The van der Waals surface area contributed by atoms with Crippen molar-refractivity contribution in [1.29, 1.82) is 0 Å². The normalized spacial score (nSPS) is 11.6. The Labute approximate surface area is 198 Å². The molecular formula is C30H25NO3. The number of furan rings is 1. The number of hydrogen-bond acceptors (Lipinski definition) is 3. The topological polar surface area (TPSA) is 51.5 Å². The number of rotatable bonds is 6. The standard InChI is InChI=1S/C30H25NO3/c1-20(15-30(32)31-18-21-9-4-3-5-10-21)25-16-26-27(19-34-29(26)17-28(25)33-2)24-14-8-12-22-11-6-7-13-23(22)24/h3-17,19H,18H2,1-2H3,(H,31,32)/b20-15+. The number of amides is 1. The molecule has 0 bridgehead atoms. The van der Waals surface area contributed by atoms with Gasteiger partial charge in [-0.05, 0) is 40.5 Å². The fourth-order valence-corrected chi connectivity index (χ4v) is 4.31. The minimum atomic E-state index is -0.148. The van der Waals surface area contributed by atoms with Gasteiger partial charge < -0.3 is 14.5 Å². The van der Waals surface area contributed by atoms with Gasteiger partial charge >= 0.3 is 0 Å². The van der Waals surface area contributed by atoms with Gasteiger partial charge in [-0.15, -0.1) is 0 Å². The van der Waals surface area contributed by atoms with Crippen LogP contribution in [0.4, 0.5) is 0 Å². The molecule has 168 valence electrons. The van der Waals surface area contributed by atoms with E-state index in [-0.39, 0.29) is 5.91 Å². The molecule has 0 saturated heterocycles. The maximum absolute atomic E-state index is 12.6. The SMILES string of the molecule is COc1cc2occ(-c3cccc4ccccc34)c2cc1/C(C)=C/C(=O)NCc1ccccc1. The second-order valence-electron chi connectivity index (χ2n) is 8.26. The van der Waals surface area contributed by atoms with Crippen molar-refractivity contribution in [2.75, 3.05) is 7.11 Å². The minimum Gasteiger partial charge on any atom is -0.496 e. The summed E-state index contributed by atoms with van der Waals surface area (Å²) >= 11 is 0. The summed E-state index contributed by atoms with van der Waals surface area (Å²) in [6.45, 7) is 2.40. The zero-order valence-electron chi connectivity index (χ0n) is 19.2. The lowest BCUT2D eigenvalue weighted by molar-refractivity contribution is -0.116. The number of fused-ring (bicyclic) bond motifs is 2. The Bertz CT molecular complexity index is 1510. The molecule has 0 atom stereocenters. The van der Waals surface area contributed by atoms with E-state index in [4.69, 9.17) is 9.15 Å². The molecule has 4 heteroatoms. The summed E-state index contributed by atoms with van der Waals surface area (Å²) in [5.74, 6) is 0.515. The number of methoxy groups -OCH3 is 1. The number of carbonyl (C=O) groups is 1. The summed E-state index contributed by atoms with van der Waals surface area (Å²) in [5, 5.41) is 6.27. The monoisotopic (exact) mass is 447 g/mol. The number of carbonyl (C=O) groups excluding carboxylic acids is 1. The van der Waals surface area contributed by atoms with E-state index in [1.165, 1.54) is 5.39 Å². The predicted molar refractivity (Wildman–Crippen MR) is 138 cm³/mol. The van der Waals surface area contributed by atoms with Gasteiger partial charge in [-0.2, -0.15) is 0 Å². The van der Waals surface area contributed by atoms with Crippen LogP contribution < -0.4 is 10.1 Å². The lowest BCUT2D eigenvalue weighted by atomic mass is 9.96. The van der Waals surface area contributed by atoms with Crippen LogP contribution in [-0.4, -0.2) is 13.0 Å². The van der Waals surface area contributed by atoms with Gasteiger partial charge in [0.1, 0.15) is 11.3 Å². The second kappa shape index (κ2) is 9.28. The molecule has 0 aliphatic carbocycles. The molecule has 4 aromatic carbocycles. The molecule has 1 aromatic heterocycles. The average molecular weight is 448 g/mol. The molecule has 0 spiro atoms. The van der Waals surface area contributed by atoms with E-state index in [0.717, 1.165) is 44.2 Å². The van der Waals surface area contributed by atoms with Gasteiger partial charge in [-0.1, -0.05) is 72.8 Å². The van der Waals surface area contributed by atoms with E-state index in [9.17, 15) is 4.79 Å².